The van der Waals surface area contributed by atoms with Crippen LogP contribution in [0.1, 0.15) is 50.7 Å². The predicted octanol–water partition coefficient (Wildman–Crippen LogP) is 3.97. The summed E-state index contributed by atoms with van der Waals surface area (Å²) in [4.78, 5) is 0. The second-order valence-electron chi connectivity index (χ2n) is 5.98. The van der Waals surface area contributed by atoms with Gasteiger partial charge in [-0.05, 0) is 50.7 Å². The first kappa shape index (κ1) is 12.4. The lowest BCUT2D eigenvalue weighted by molar-refractivity contribution is 0.450. The number of nitrogens with one attached hydrogen (secondary N) is 1. The number of hydrogen-bond acceptors (Lipinski definition) is 1. The monoisotopic (exact) mass is 229 g/mol. The first-order valence-corrected chi connectivity index (χ1v) is 6.56. The van der Waals surface area contributed by atoms with E-state index in [1.807, 2.05) is 0 Å². The van der Waals surface area contributed by atoms with E-state index in [4.69, 9.17) is 0 Å². The Bertz CT molecular complexity index is 394. The van der Waals surface area contributed by atoms with Gasteiger partial charge in [-0.1, -0.05) is 36.4 Å². The highest BCUT2D eigenvalue weighted by Crippen LogP contribution is 2.40. The Morgan fingerprint density at radius 1 is 1.29 bits per heavy atom. The Kier molecular flexibility index (Phi) is 3.68. The molecule has 92 valence electrons. The minimum Gasteiger partial charge on any atom is -0.309 e. The topological polar surface area (TPSA) is 12.0 Å². The fourth-order valence-electron chi connectivity index (χ4n) is 1.89. The molecular weight excluding hydrogens is 206 g/mol. The van der Waals surface area contributed by atoms with Crippen LogP contribution in [0.4, 0.5) is 0 Å². The van der Waals surface area contributed by atoms with Crippen molar-refractivity contribution in [3.05, 3.63) is 41.5 Å². The Morgan fingerprint density at radius 2 is 2.06 bits per heavy atom. The standard InChI is InChI=1S/C16H23N/c1-16(2,3)17-11-5-7-13-6-4-8-15(12-13)14-9-10-14/h4-8,12,14,17H,9-11H2,1-3H3. The lowest BCUT2D eigenvalue weighted by Gasteiger charge is -2.18. The quantitative estimate of drug-likeness (QED) is 0.824. The highest BCUT2D eigenvalue weighted by molar-refractivity contribution is 5.51. The molecule has 1 nitrogen and oxygen atoms in total. The summed E-state index contributed by atoms with van der Waals surface area (Å²) >= 11 is 0. The Hall–Kier alpha value is -1.08. The summed E-state index contributed by atoms with van der Waals surface area (Å²) in [6.07, 6.45) is 7.17. The summed E-state index contributed by atoms with van der Waals surface area (Å²) in [5, 5.41) is 3.46. The van der Waals surface area contributed by atoms with E-state index in [-0.39, 0.29) is 5.54 Å². The van der Waals surface area contributed by atoms with Crippen LogP contribution in [0.5, 0.6) is 0 Å². The Morgan fingerprint density at radius 3 is 2.71 bits per heavy atom. The van der Waals surface area contributed by atoms with Gasteiger partial charge in [0.25, 0.3) is 0 Å². The third-order valence-electron chi connectivity index (χ3n) is 3.02. The van der Waals surface area contributed by atoms with E-state index in [9.17, 15) is 0 Å². The molecule has 17 heavy (non-hydrogen) atoms. The number of benzene rings is 1. The van der Waals surface area contributed by atoms with Gasteiger partial charge in [-0.15, -0.1) is 0 Å². The van der Waals surface area contributed by atoms with Gasteiger partial charge in [0.05, 0.1) is 0 Å². The molecule has 1 fully saturated rings. The zero-order chi connectivity index (χ0) is 12.3. The van der Waals surface area contributed by atoms with Gasteiger partial charge in [0.15, 0.2) is 0 Å². The first-order valence-electron chi connectivity index (χ1n) is 6.56. The molecule has 0 amide bonds. The molecule has 0 radical (unpaired) electrons. The molecule has 1 aromatic carbocycles. The molecule has 1 aliphatic rings. The molecule has 2 rings (SSSR count). The zero-order valence-electron chi connectivity index (χ0n) is 11.2. The highest BCUT2D eigenvalue weighted by atomic mass is 14.9. The molecule has 1 aromatic rings. The normalized spacial score (nSPS) is 16.6. The largest absolute Gasteiger partial charge is 0.309 e. The van der Waals surface area contributed by atoms with Crippen LogP contribution in [-0.4, -0.2) is 12.1 Å². The van der Waals surface area contributed by atoms with Gasteiger partial charge < -0.3 is 5.32 Å². The summed E-state index contributed by atoms with van der Waals surface area (Å²) in [6.45, 7) is 7.49. The second kappa shape index (κ2) is 5.05. The summed E-state index contributed by atoms with van der Waals surface area (Å²) in [7, 11) is 0. The van der Waals surface area contributed by atoms with Crippen molar-refractivity contribution in [1.29, 1.82) is 0 Å². The molecule has 0 aliphatic heterocycles. The van der Waals surface area contributed by atoms with Crippen LogP contribution in [-0.2, 0) is 0 Å². The number of rotatable bonds is 4. The fraction of sp³-hybridized carbons (Fsp3) is 0.500. The van der Waals surface area contributed by atoms with Gasteiger partial charge in [-0.25, -0.2) is 0 Å². The molecule has 0 unspecified atom stereocenters. The summed E-state index contributed by atoms with van der Waals surface area (Å²) < 4.78 is 0. The smallest absolute Gasteiger partial charge is 0.0143 e. The van der Waals surface area contributed by atoms with Gasteiger partial charge >= 0.3 is 0 Å². The average molecular weight is 229 g/mol. The molecule has 0 saturated heterocycles. The zero-order valence-corrected chi connectivity index (χ0v) is 11.2. The maximum Gasteiger partial charge on any atom is 0.0143 e. The molecular formula is C16H23N. The summed E-state index contributed by atoms with van der Waals surface area (Å²) in [6, 6.07) is 8.93. The average Bonchev–Trinajstić information content (AvgIpc) is 3.07. The molecule has 0 spiro atoms. The van der Waals surface area contributed by atoms with Crippen LogP contribution in [0.3, 0.4) is 0 Å². The second-order valence-corrected chi connectivity index (χ2v) is 5.98. The van der Waals surface area contributed by atoms with Crippen molar-refractivity contribution in [3.63, 3.8) is 0 Å². The first-order chi connectivity index (χ1) is 8.04. The van der Waals surface area contributed by atoms with Crippen molar-refractivity contribution < 1.29 is 0 Å². The van der Waals surface area contributed by atoms with Crippen molar-refractivity contribution in [2.75, 3.05) is 6.54 Å². The Balaban J connectivity index is 1.89. The Labute approximate surface area is 105 Å². The fourth-order valence-corrected chi connectivity index (χ4v) is 1.89. The molecule has 1 heteroatoms. The van der Waals surface area contributed by atoms with Gasteiger partial charge in [-0.2, -0.15) is 0 Å². The predicted molar refractivity (Wildman–Crippen MR) is 75.2 cm³/mol. The molecule has 0 atom stereocenters. The van der Waals surface area contributed by atoms with Crippen LogP contribution >= 0.6 is 0 Å². The van der Waals surface area contributed by atoms with E-state index in [0.29, 0.717) is 0 Å². The van der Waals surface area contributed by atoms with Crippen molar-refractivity contribution >= 4 is 6.08 Å². The van der Waals surface area contributed by atoms with Crippen LogP contribution in [0.15, 0.2) is 30.3 Å². The molecule has 1 aliphatic carbocycles. The van der Waals surface area contributed by atoms with Gasteiger partial charge in [0.1, 0.15) is 0 Å². The van der Waals surface area contributed by atoms with Crippen LogP contribution in [0.2, 0.25) is 0 Å². The third-order valence-corrected chi connectivity index (χ3v) is 3.02. The van der Waals surface area contributed by atoms with E-state index in [0.717, 1.165) is 12.5 Å². The van der Waals surface area contributed by atoms with Crippen molar-refractivity contribution in [2.24, 2.45) is 0 Å². The molecule has 0 aromatic heterocycles. The maximum atomic E-state index is 3.46. The van der Waals surface area contributed by atoms with Gasteiger partial charge in [-0.3, -0.25) is 0 Å². The summed E-state index contributed by atoms with van der Waals surface area (Å²) in [5.74, 6) is 0.844. The highest BCUT2D eigenvalue weighted by Gasteiger charge is 2.22. The van der Waals surface area contributed by atoms with E-state index >= 15 is 0 Å². The summed E-state index contributed by atoms with van der Waals surface area (Å²) in [5.41, 5.74) is 3.03. The van der Waals surface area contributed by atoms with E-state index in [1.165, 1.54) is 24.0 Å². The van der Waals surface area contributed by atoms with E-state index in [1.54, 1.807) is 0 Å². The van der Waals surface area contributed by atoms with Crippen LogP contribution in [0, 0.1) is 0 Å². The third kappa shape index (κ3) is 4.35. The van der Waals surface area contributed by atoms with Gasteiger partial charge in [0, 0.05) is 12.1 Å². The maximum absolute atomic E-state index is 3.46. The van der Waals surface area contributed by atoms with Crippen molar-refractivity contribution in [1.82, 2.24) is 5.32 Å². The van der Waals surface area contributed by atoms with Crippen LogP contribution in [0.25, 0.3) is 6.08 Å². The molecule has 1 saturated carbocycles. The SMILES string of the molecule is CC(C)(C)NCC=Cc1cccc(C2CC2)c1. The van der Waals surface area contributed by atoms with Crippen LogP contribution < -0.4 is 5.32 Å². The van der Waals surface area contributed by atoms with E-state index in [2.05, 4.69) is 62.5 Å². The molecule has 0 bridgehead atoms. The lowest BCUT2D eigenvalue weighted by atomic mass is 10.1. The lowest BCUT2D eigenvalue weighted by Crippen LogP contribution is -2.35. The van der Waals surface area contributed by atoms with Crippen molar-refractivity contribution in [3.8, 4) is 0 Å². The van der Waals surface area contributed by atoms with E-state index < -0.39 is 0 Å². The minimum absolute atomic E-state index is 0.195. The molecule has 1 N–H and O–H groups in total. The minimum atomic E-state index is 0.195. The number of hydrogen-bond donors (Lipinski definition) is 1. The van der Waals surface area contributed by atoms with Crippen molar-refractivity contribution in [2.45, 2.75) is 45.1 Å². The molecule has 0 heterocycles. The van der Waals surface area contributed by atoms with Gasteiger partial charge in [0.2, 0.25) is 0 Å².